The highest BCUT2D eigenvalue weighted by Crippen LogP contribution is 2.26. The number of carbonyl (C=O) groups excluding carboxylic acids is 1. The van der Waals surface area contributed by atoms with E-state index in [1.807, 2.05) is 37.3 Å². The molecule has 2 rings (SSSR count). The Bertz CT molecular complexity index is 527. The van der Waals surface area contributed by atoms with Crippen LogP contribution in [0.5, 0.6) is 0 Å². The highest BCUT2D eigenvalue weighted by Gasteiger charge is 2.04. The van der Waals surface area contributed by atoms with E-state index in [4.69, 9.17) is 0 Å². The summed E-state index contributed by atoms with van der Waals surface area (Å²) in [6.07, 6.45) is 0.884. The fourth-order valence-corrected chi connectivity index (χ4v) is 1.94. The van der Waals surface area contributed by atoms with Crippen LogP contribution in [0, 0.1) is 13.8 Å². The van der Waals surface area contributed by atoms with E-state index in [0.717, 1.165) is 17.4 Å². The van der Waals surface area contributed by atoms with Crippen LogP contribution >= 0.6 is 0 Å². The first kappa shape index (κ1) is 10.6. The minimum atomic E-state index is 0.731. The second-order valence-corrected chi connectivity index (χ2v) is 4.01. The number of hydrogen-bond donors (Lipinski definition) is 0. The van der Waals surface area contributed by atoms with Crippen LogP contribution in [0.15, 0.2) is 42.5 Å². The van der Waals surface area contributed by atoms with Crippen LogP contribution in [-0.2, 0) is 0 Å². The Kier molecular flexibility index (Phi) is 2.86. The summed E-state index contributed by atoms with van der Waals surface area (Å²) in [5.41, 5.74) is 5.55. The fourth-order valence-electron chi connectivity index (χ4n) is 1.94. The summed E-state index contributed by atoms with van der Waals surface area (Å²) in [5.74, 6) is 0. The molecule has 2 aromatic carbocycles. The smallest absolute Gasteiger partial charge is 0.150 e. The van der Waals surface area contributed by atoms with Crippen LogP contribution < -0.4 is 0 Å². The van der Waals surface area contributed by atoms with Gasteiger partial charge in [-0.25, -0.2) is 0 Å². The third kappa shape index (κ3) is 1.89. The monoisotopic (exact) mass is 210 g/mol. The van der Waals surface area contributed by atoms with Gasteiger partial charge in [0.25, 0.3) is 0 Å². The fraction of sp³-hybridized carbons (Fsp3) is 0.133. The van der Waals surface area contributed by atoms with E-state index < -0.39 is 0 Å². The van der Waals surface area contributed by atoms with Crippen LogP contribution in [0.4, 0.5) is 0 Å². The molecular formula is C15H14O. The Morgan fingerprint density at radius 3 is 2.19 bits per heavy atom. The number of benzene rings is 2. The Labute approximate surface area is 95.7 Å². The summed E-state index contributed by atoms with van der Waals surface area (Å²) in [6, 6.07) is 14.1. The minimum absolute atomic E-state index is 0.731. The molecule has 0 saturated heterocycles. The summed E-state index contributed by atoms with van der Waals surface area (Å²) >= 11 is 0. The van der Waals surface area contributed by atoms with Crippen LogP contribution in [0.25, 0.3) is 11.1 Å². The largest absolute Gasteiger partial charge is 0.298 e. The molecule has 1 nitrogen and oxygen atoms in total. The first-order valence-electron chi connectivity index (χ1n) is 5.34. The lowest BCUT2D eigenvalue weighted by Crippen LogP contribution is -1.89. The van der Waals surface area contributed by atoms with Crippen molar-refractivity contribution in [2.24, 2.45) is 0 Å². The first-order valence-corrected chi connectivity index (χ1v) is 5.34. The van der Waals surface area contributed by atoms with Crippen LogP contribution in [0.3, 0.4) is 0 Å². The van der Waals surface area contributed by atoms with Gasteiger partial charge in [-0.3, -0.25) is 4.79 Å². The van der Waals surface area contributed by atoms with Gasteiger partial charge in [0.1, 0.15) is 6.29 Å². The maximum absolute atomic E-state index is 10.7. The van der Waals surface area contributed by atoms with Gasteiger partial charge >= 0.3 is 0 Å². The Balaban J connectivity index is 2.57. The highest BCUT2D eigenvalue weighted by atomic mass is 16.1. The quantitative estimate of drug-likeness (QED) is 0.689. The first-order chi connectivity index (χ1) is 7.72. The number of carbonyl (C=O) groups is 1. The van der Waals surface area contributed by atoms with E-state index in [0.29, 0.717) is 0 Å². The Morgan fingerprint density at radius 1 is 0.875 bits per heavy atom. The van der Waals surface area contributed by atoms with Crippen molar-refractivity contribution < 1.29 is 4.79 Å². The van der Waals surface area contributed by atoms with Gasteiger partial charge in [0.2, 0.25) is 0 Å². The molecule has 0 heterocycles. The van der Waals surface area contributed by atoms with E-state index in [1.165, 1.54) is 16.7 Å². The third-order valence-corrected chi connectivity index (χ3v) is 2.82. The molecule has 0 aromatic heterocycles. The standard InChI is InChI=1S/C15H14O/c1-11-5-3-4-6-14(11)15-8-7-13(10-16)9-12(15)2/h3-10H,1-2H3. The molecule has 1 heteroatoms. The lowest BCUT2D eigenvalue weighted by molar-refractivity contribution is 0.112. The molecule has 0 amide bonds. The normalized spacial score (nSPS) is 10.1. The molecule has 0 saturated carbocycles. The van der Waals surface area contributed by atoms with Gasteiger partial charge in [-0.05, 0) is 42.2 Å². The van der Waals surface area contributed by atoms with Crippen molar-refractivity contribution in [1.82, 2.24) is 0 Å². The van der Waals surface area contributed by atoms with Gasteiger partial charge in [0.15, 0.2) is 0 Å². The van der Waals surface area contributed by atoms with Crippen molar-refractivity contribution in [2.75, 3.05) is 0 Å². The predicted molar refractivity (Wildman–Crippen MR) is 66.7 cm³/mol. The molecule has 80 valence electrons. The third-order valence-electron chi connectivity index (χ3n) is 2.82. The van der Waals surface area contributed by atoms with Gasteiger partial charge in [0.05, 0.1) is 0 Å². The van der Waals surface area contributed by atoms with E-state index in [2.05, 4.69) is 19.1 Å². The molecule has 0 N–H and O–H groups in total. The Morgan fingerprint density at radius 2 is 1.56 bits per heavy atom. The van der Waals surface area contributed by atoms with Gasteiger partial charge in [-0.2, -0.15) is 0 Å². The maximum atomic E-state index is 10.7. The molecule has 16 heavy (non-hydrogen) atoms. The van der Waals surface area contributed by atoms with E-state index in [9.17, 15) is 4.79 Å². The maximum Gasteiger partial charge on any atom is 0.150 e. The average molecular weight is 210 g/mol. The molecule has 0 atom stereocenters. The van der Waals surface area contributed by atoms with Crippen LogP contribution in [-0.4, -0.2) is 6.29 Å². The zero-order chi connectivity index (χ0) is 11.5. The second kappa shape index (κ2) is 4.31. The molecule has 0 unspecified atom stereocenters. The highest BCUT2D eigenvalue weighted by molar-refractivity contribution is 5.79. The minimum Gasteiger partial charge on any atom is -0.298 e. The van der Waals surface area contributed by atoms with Gasteiger partial charge in [0, 0.05) is 5.56 Å². The summed E-state index contributed by atoms with van der Waals surface area (Å²) in [5, 5.41) is 0. The van der Waals surface area contributed by atoms with Gasteiger partial charge in [-0.1, -0.05) is 36.4 Å². The molecule has 0 aliphatic heterocycles. The Hall–Kier alpha value is -1.89. The van der Waals surface area contributed by atoms with E-state index >= 15 is 0 Å². The zero-order valence-corrected chi connectivity index (χ0v) is 9.53. The summed E-state index contributed by atoms with van der Waals surface area (Å²) in [7, 11) is 0. The van der Waals surface area contributed by atoms with Crippen molar-refractivity contribution in [2.45, 2.75) is 13.8 Å². The van der Waals surface area contributed by atoms with Gasteiger partial charge < -0.3 is 0 Å². The summed E-state index contributed by atoms with van der Waals surface area (Å²) in [6.45, 7) is 4.14. The van der Waals surface area contributed by atoms with Crippen molar-refractivity contribution in [3.63, 3.8) is 0 Å². The topological polar surface area (TPSA) is 17.1 Å². The molecule has 0 fully saturated rings. The van der Waals surface area contributed by atoms with Crippen molar-refractivity contribution in [1.29, 1.82) is 0 Å². The second-order valence-electron chi connectivity index (χ2n) is 4.01. The SMILES string of the molecule is Cc1ccccc1-c1ccc(C=O)cc1C. The summed E-state index contributed by atoms with van der Waals surface area (Å²) < 4.78 is 0. The molecule has 0 spiro atoms. The molecular weight excluding hydrogens is 196 g/mol. The van der Waals surface area contributed by atoms with Crippen LogP contribution in [0.2, 0.25) is 0 Å². The lowest BCUT2D eigenvalue weighted by atomic mass is 9.95. The lowest BCUT2D eigenvalue weighted by Gasteiger charge is -2.09. The number of aldehydes is 1. The average Bonchev–Trinajstić information content (AvgIpc) is 2.30. The number of aryl methyl sites for hydroxylation is 2. The number of hydrogen-bond acceptors (Lipinski definition) is 1. The molecule has 0 bridgehead atoms. The predicted octanol–water partition coefficient (Wildman–Crippen LogP) is 3.78. The molecule has 2 aromatic rings. The van der Waals surface area contributed by atoms with Crippen molar-refractivity contribution >= 4 is 6.29 Å². The number of rotatable bonds is 2. The van der Waals surface area contributed by atoms with E-state index in [1.54, 1.807) is 0 Å². The zero-order valence-electron chi connectivity index (χ0n) is 9.53. The molecule has 0 radical (unpaired) electrons. The molecule has 0 aliphatic rings. The molecule has 0 aliphatic carbocycles. The van der Waals surface area contributed by atoms with Crippen LogP contribution in [0.1, 0.15) is 21.5 Å². The van der Waals surface area contributed by atoms with E-state index in [-0.39, 0.29) is 0 Å². The van der Waals surface area contributed by atoms with Crippen molar-refractivity contribution in [3.05, 3.63) is 59.2 Å². The van der Waals surface area contributed by atoms with Gasteiger partial charge in [-0.15, -0.1) is 0 Å². The van der Waals surface area contributed by atoms with Crippen molar-refractivity contribution in [3.8, 4) is 11.1 Å². The summed E-state index contributed by atoms with van der Waals surface area (Å²) in [4.78, 5) is 10.7.